The van der Waals surface area contributed by atoms with E-state index in [4.69, 9.17) is 5.73 Å². The van der Waals surface area contributed by atoms with E-state index in [9.17, 15) is 4.39 Å². The number of hydrogen-bond donors (Lipinski definition) is 1. The number of nitrogens with two attached hydrogens (primary N) is 1. The highest BCUT2D eigenvalue weighted by atomic mass is 19.1. The average molecular weight is 279 g/mol. The third kappa shape index (κ3) is 3.70. The van der Waals surface area contributed by atoms with Crippen molar-refractivity contribution in [2.75, 3.05) is 32.1 Å². The molecule has 1 heterocycles. The summed E-state index contributed by atoms with van der Waals surface area (Å²) < 4.78 is 14.2. The van der Waals surface area contributed by atoms with Gasteiger partial charge in [0.05, 0.1) is 5.69 Å². The topological polar surface area (TPSA) is 32.5 Å². The molecule has 0 aromatic heterocycles. The van der Waals surface area contributed by atoms with Crippen LogP contribution in [0.15, 0.2) is 18.2 Å². The maximum atomic E-state index is 14.2. The van der Waals surface area contributed by atoms with Crippen molar-refractivity contribution in [2.45, 2.75) is 38.3 Å². The molecule has 3 nitrogen and oxygen atoms in total. The van der Waals surface area contributed by atoms with Gasteiger partial charge in [0.2, 0.25) is 0 Å². The van der Waals surface area contributed by atoms with Crippen LogP contribution < -0.4 is 10.6 Å². The second-order valence-electron chi connectivity index (χ2n) is 6.15. The van der Waals surface area contributed by atoms with E-state index in [1.54, 1.807) is 6.07 Å². The first-order valence-corrected chi connectivity index (χ1v) is 7.42. The lowest BCUT2D eigenvalue weighted by Crippen LogP contribution is -2.42. The second kappa shape index (κ2) is 6.55. The number of anilines is 1. The Labute approximate surface area is 121 Å². The molecule has 1 unspecified atom stereocenters. The zero-order valence-corrected chi connectivity index (χ0v) is 12.8. The molecular formula is C16H26FN3. The van der Waals surface area contributed by atoms with Gasteiger partial charge in [0, 0.05) is 25.2 Å². The fourth-order valence-electron chi connectivity index (χ4n) is 2.93. The molecular weight excluding hydrogens is 253 g/mol. The van der Waals surface area contributed by atoms with Gasteiger partial charge < -0.3 is 15.5 Å². The number of halogens is 1. The number of benzene rings is 1. The molecule has 0 aliphatic carbocycles. The van der Waals surface area contributed by atoms with Crippen LogP contribution >= 0.6 is 0 Å². The molecule has 0 radical (unpaired) electrons. The largest absolute Gasteiger partial charge is 0.369 e. The van der Waals surface area contributed by atoms with E-state index in [1.807, 2.05) is 19.1 Å². The molecule has 0 spiro atoms. The van der Waals surface area contributed by atoms with Gasteiger partial charge in [-0.25, -0.2) is 4.39 Å². The van der Waals surface area contributed by atoms with Crippen LogP contribution in [0.2, 0.25) is 0 Å². The lowest BCUT2D eigenvalue weighted by atomic mass is 10.0. The van der Waals surface area contributed by atoms with E-state index in [2.05, 4.69) is 23.9 Å². The van der Waals surface area contributed by atoms with E-state index in [1.165, 1.54) is 0 Å². The minimum atomic E-state index is -0.119. The summed E-state index contributed by atoms with van der Waals surface area (Å²) in [6.07, 6.45) is 2.90. The fourth-order valence-corrected chi connectivity index (χ4v) is 2.93. The zero-order chi connectivity index (χ0) is 14.7. The molecule has 20 heavy (non-hydrogen) atoms. The van der Waals surface area contributed by atoms with Crippen LogP contribution in [0.1, 0.15) is 25.3 Å². The maximum Gasteiger partial charge on any atom is 0.146 e. The molecule has 112 valence electrons. The van der Waals surface area contributed by atoms with Crippen molar-refractivity contribution in [3.05, 3.63) is 29.6 Å². The fraction of sp³-hybridized carbons (Fsp3) is 0.625. The molecule has 2 rings (SSSR count). The van der Waals surface area contributed by atoms with Crippen molar-refractivity contribution in [1.29, 1.82) is 0 Å². The summed E-state index contributed by atoms with van der Waals surface area (Å²) >= 11 is 0. The van der Waals surface area contributed by atoms with Gasteiger partial charge >= 0.3 is 0 Å². The van der Waals surface area contributed by atoms with Crippen molar-refractivity contribution >= 4 is 5.69 Å². The Kier molecular flexibility index (Phi) is 5.00. The Hall–Kier alpha value is -1.13. The van der Waals surface area contributed by atoms with Crippen molar-refractivity contribution in [1.82, 2.24) is 4.90 Å². The van der Waals surface area contributed by atoms with Crippen LogP contribution in [-0.2, 0) is 6.42 Å². The molecule has 1 aliphatic rings. The third-order valence-corrected chi connectivity index (χ3v) is 4.11. The van der Waals surface area contributed by atoms with Gasteiger partial charge in [-0.2, -0.15) is 0 Å². The molecule has 0 bridgehead atoms. The molecule has 0 amide bonds. The maximum absolute atomic E-state index is 14.2. The monoisotopic (exact) mass is 279 g/mol. The van der Waals surface area contributed by atoms with E-state index in [-0.39, 0.29) is 11.9 Å². The van der Waals surface area contributed by atoms with Gasteiger partial charge in [-0.15, -0.1) is 0 Å². The van der Waals surface area contributed by atoms with Gasteiger partial charge in [0.25, 0.3) is 0 Å². The predicted molar refractivity (Wildman–Crippen MR) is 82.7 cm³/mol. The minimum Gasteiger partial charge on any atom is -0.369 e. The van der Waals surface area contributed by atoms with Crippen LogP contribution in [0, 0.1) is 5.82 Å². The van der Waals surface area contributed by atoms with Gasteiger partial charge in [0.1, 0.15) is 5.82 Å². The molecule has 0 saturated carbocycles. The van der Waals surface area contributed by atoms with E-state index in [0.29, 0.717) is 6.04 Å². The van der Waals surface area contributed by atoms with Gasteiger partial charge in [-0.3, -0.25) is 0 Å². The number of rotatable bonds is 4. The first-order chi connectivity index (χ1) is 9.47. The third-order valence-electron chi connectivity index (χ3n) is 4.11. The Morgan fingerprint density at radius 2 is 2.00 bits per heavy atom. The summed E-state index contributed by atoms with van der Waals surface area (Å²) in [7, 11) is 4.23. The van der Waals surface area contributed by atoms with Crippen molar-refractivity contribution < 1.29 is 4.39 Å². The number of piperidine rings is 1. The smallest absolute Gasteiger partial charge is 0.146 e. The molecule has 4 heteroatoms. The quantitative estimate of drug-likeness (QED) is 0.917. The molecule has 1 atom stereocenters. The molecule has 2 N–H and O–H groups in total. The summed E-state index contributed by atoms with van der Waals surface area (Å²) in [4.78, 5) is 4.42. The lowest BCUT2D eigenvalue weighted by molar-refractivity contribution is 0.249. The van der Waals surface area contributed by atoms with E-state index < -0.39 is 0 Å². The SMILES string of the molecule is CC(N)Cc1ccc(N2CCC(N(C)C)CC2)c(F)c1. The standard InChI is InChI=1S/C16H26FN3/c1-12(18)10-13-4-5-16(15(17)11-13)20-8-6-14(7-9-20)19(2)3/h4-5,11-12,14H,6-10,18H2,1-3H3. The number of nitrogens with zero attached hydrogens (tertiary/aromatic N) is 2. The Morgan fingerprint density at radius 3 is 2.50 bits per heavy atom. The first-order valence-electron chi connectivity index (χ1n) is 7.42. The second-order valence-corrected chi connectivity index (χ2v) is 6.15. The molecule has 1 fully saturated rings. The predicted octanol–water partition coefficient (Wildman–Crippen LogP) is 2.25. The van der Waals surface area contributed by atoms with Gasteiger partial charge in [-0.1, -0.05) is 6.07 Å². The van der Waals surface area contributed by atoms with E-state index >= 15 is 0 Å². The molecule has 1 saturated heterocycles. The highest BCUT2D eigenvalue weighted by Crippen LogP contribution is 2.25. The Bertz CT molecular complexity index is 437. The van der Waals surface area contributed by atoms with Gasteiger partial charge in [-0.05, 0) is 58.0 Å². The lowest BCUT2D eigenvalue weighted by Gasteiger charge is -2.36. The summed E-state index contributed by atoms with van der Waals surface area (Å²) in [5.41, 5.74) is 7.47. The average Bonchev–Trinajstić information content (AvgIpc) is 2.38. The molecule has 1 aromatic rings. The highest BCUT2D eigenvalue weighted by molar-refractivity contribution is 5.49. The zero-order valence-electron chi connectivity index (χ0n) is 12.8. The van der Waals surface area contributed by atoms with Crippen LogP contribution in [-0.4, -0.2) is 44.2 Å². The molecule has 1 aromatic carbocycles. The van der Waals surface area contributed by atoms with Crippen LogP contribution in [0.5, 0.6) is 0 Å². The summed E-state index contributed by atoms with van der Waals surface area (Å²) in [5, 5.41) is 0. The van der Waals surface area contributed by atoms with Crippen molar-refractivity contribution in [3.63, 3.8) is 0 Å². The van der Waals surface area contributed by atoms with Crippen LogP contribution in [0.4, 0.5) is 10.1 Å². The summed E-state index contributed by atoms with van der Waals surface area (Å²) in [5.74, 6) is -0.119. The van der Waals surface area contributed by atoms with Crippen LogP contribution in [0.25, 0.3) is 0 Å². The summed E-state index contributed by atoms with van der Waals surface area (Å²) in [6.45, 7) is 3.79. The normalized spacial score (nSPS) is 18.6. The molecule has 1 aliphatic heterocycles. The van der Waals surface area contributed by atoms with E-state index in [0.717, 1.165) is 43.6 Å². The van der Waals surface area contributed by atoms with Crippen LogP contribution in [0.3, 0.4) is 0 Å². The summed E-state index contributed by atoms with van der Waals surface area (Å²) in [6, 6.07) is 6.22. The van der Waals surface area contributed by atoms with Crippen molar-refractivity contribution in [3.8, 4) is 0 Å². The Morgan fingerprint density at radius 1 is 1.35 bits per heavy atom. The Balaban J connectivity index is 2.03. The van der Waals surface area contributed by atoms with Crippen molar-refractivity contribution in [2.24, 2.45) is 5.73 Å². The van der Waals surface area contributed by atoms with Gasteiger partial charge in [0.15, 0.2) is 0 Å². The number of hydrogen-bond acceptors (Lipinski definition) is 3. The minimum absolute atomic E-state index is 0.0658. The highest BCUT2D eigenvalue weighted by Gasteiger charge is 2.22. The first kappa shape index (κ1) is 15.3.